The van der Waals surface area contributed by atoms with E-state index in [9.17, 15) is 9.59 Å². The van der Waals surface area contributed by atoms with Crippen molar-refractivity contribution in [2.45, 2.75) is 31.7 Å². The average molecular weight is 241 g/mol. The summed E-state index contributed by atoms with van der Waals surface area (Å²) < 4.78 is 0. The standard InChI is InChI=1S/C11H15NO3S/c1-4-5-9(13)12-8(11(14)15)6-16-10(12)7(2)3/h1,7-8,10H,5-6H2,2-3H3,(H,14,15). The molecule has 0 spiro atoms. The second-order valence-electron chi connectivity index (χ2n) is 4.00. The highest BCUT2D eigenvalue weighted by Crippen LogP contribution is 2.34. The lowest BCUT2D eigenvalue weighted by atomic mass is 10.1. The summed E-state index contributed by atoms with van der Waals surface area (Å²) in [5.74, 6) is 1.70. The summed E-state index contributed by atoms with van der Waals surface area (Å²) in [4.78, 5) is 24.2. The highest BCUT2D eigenvalue weighted by molar-refractivity contribution is 8.00. The molecule has 2 atom stereocenters. The van der Waals surface area contributed by atoms with Crippen molar-refractivity contribution in [1.29, 1.82) is 0 Å². The van der Waals surface area contributed by atoms with Crippen LogP contribution in [-0.4, -0.2) is 39.1 Å². The number of carboxylic acids is 1. The molecule has 1 aliphatic heterocycles. The fourth-order valence-electron chi connectivity index (χ4n) is 1.73. The zero-order valence-electron chi connectivity index (χ0n) is 9.34. The molecule has 0 radical (unpaired) electrons. The van der Waals surface area contributed by atoms with E-state index in [1.165, 1.54) is 16.7 Å². The average Bonchev–Trinajstić information content (AvgIpc) is 2.61. The summed E-state index contributed by atoms with van der Waals surface area (Å²) in [6.07, 6.45) is 5.05. The Morgan fingerprint density at radius 1 is 1.62 bits per heavy atom. The van der Waals surface area contributed by atoms with Crippen LogP contribution >= 0.6 is 11.8 Å². The number of carbonyl (C=O) groups is 2. The third-order valence-electron chi connectivity index (χ3n) is 2.43. The van der Waals surface area contributed by atoms with Gasteiger partial charge in [-0.3, -0.25) is 4.79 Å². The van der Waals surface area contributed by atoms with Crippen molar-refractivity contribution < 1.29 is 14.7 Å². The van der Waals surface area contributed by atoms with Crippen molar-refractivity contribution in [2.75, 3.05) is 5.75 Å². The molecule has 1 rings (SSSR count). The van der Waals surface area contributed by atoms with Gasteiger partial charge in [0.1, 0.15) is 6.04 Å². The van der Waals surface area contributed by atoms with E-state index < -0.39 is 12.0 Å². The lowest BCUT2D eigenvalue weighted by molar-refractivity contribution is -0.149. The van der Waals surface area contributed by atoms with E-state index in [2.05, 4.69) is 5.92 Å². The van der Waals surface area contributed by atoms with Crippen molar-refractivity contribution >= 4 is 23.6 Å². The number of hydrogen-bond acceptors (Lipinski definition) is 3. The zero-order valence-corrected chi connectivity index (χ0v) is 10.2. The minimum Gasteiger partial charge on any atom is -0.480 e. The van der Waals surface area contributed by atoms with Gasteiger partial charge in [0.15, 0.2) is 0 Å². The number of carboxylic acid groups (broad SMARTS) is 1. The second kappa shape index (κ2) is 5.26. The SMILES string of the molecule is C#CCC(=O)N1C(C(=O)O)CSC1C(C)C. The first-order chi connectivity index (χ1) is 7.49. The number of carbonyl (C=O) groups excluding carboxylic acids is 1. The summed E-state index contributed by atoms with van der Waals surface area (Å²) in [5.41, 5.74) is 0. The Hall–Kier alpha value is -1.15. The number of terminal acetylenes is 1. The van der Waals surface area contributed by atoms with Gasteiger partial charge in [-0.05, 0) is 5.92 Å². The van der Waals surface area contributed by atoms with Crippen molar-refractivity contribution in [3.05, 3.63) is 0 Å². The Bertz CT molecular complexity index is 335. The summed E-state index contributed by atoms with van der Waals surface area (Å²) in [5, 5.41) is 8.96. The van der Waals surface area contributed by atoms with Gasteiger partial charge < -0.3 is 10.0 Å². The van der Waals surface area contributed by atoms with Crippen molar-refractivity contribution in [1.82, 2.24) is 4.90 Å². The van der Waals surface area contributed by atoms with E-state index >= 15 is 0 Å². The van der Waals surface area contributed by atoms with Crippen molar-refractivity contribution in [3.8, 4) is 12.3 Å². The first-order valence-electron chi connectivity index (χ1n) is 5.08. The molecule has 0 aromatic rings. The maximum absolute atomic E-state index is 11.8. The predicted molar refractivity (Wildman–Crippen MR) is 62.8 cm³/mol. The van der Waals surface area contributed by atoms with Gasteiger partial charge in [0.05, 0.1) is 11.8 Å². The lowest BCUT2D eigenvalue weighted by Gasteiger charge is -2.29. The van der Waals surface area contributed by atoms with Crippen LogP contribution in [0.4, 0.5) is 0 Å². The third kappa shape index (κ3) is 2.50. The van der Waals surface area contributed by atoms with Gasteiger partial charge in [-0.15, -0.1) is 18.2 Å². The first-order valence-corrected chi connectivity index (χ1v) is 6.13. The number of hydrogen-bond donors (Lipinski definition) is 1. The van der Waals surface area contributed by atoms with Gasteiger partial charge >= 0.3 is 5.97 Å². The van der Waals surface area contributed by atoms with Crippen LogP contribution in [0.5, 0.6) is 0 Å². The van der Waals surface area contributed by atoms with E-state index in [1.54, 1.807) is 0 Å². The molecule has 2 unspecified atom stereocenters. The summed E-state index contributed by atoms with van der Waals surface area (Å²) in [7, 11) is 0. The molecule has 5 heteroatoms. The Kier molecular flexibility index (Phi) is 4.25. The van der Waals surface area contributed by atoms with Gasteiger partial charge in [-0.1, -0.05) is 19.8 Å². The number of rotatable bonds is 3. The summed E-state index contributed by atoms with van der Waals surface area (Å²) in [6, 6.07) is -0.738. The highest BCUT2D eigenvalue weighted by Gasteiger charge is 2.42. The molecule has 0 saturated carbocycles. The number of amides is 1. The van der Waals surface area contributed by atoms with E-state index in [-0.39, 0.29) is 23.6 Å². The largest absolute Gasteiger partial charge is 0.480 e. The molecule has 1 saturated heterocycles. The molecule has 1 aliphatic rings. The molecule has 0 aromatic carbocycles. The lowest BCUT2D eigenvalue weighted by Crippen LogP contribution is -2.46. The highest BCUT2D eigenvalue weighted by atomic mass is 32.2. The topological polar surface area (TPSA) is 57.6 Å². The molecule has 1 N–H and O–H groups in total. The fraction of sp³-hybridized carbons (Fsp3) is 0.636. The quantitative estimate of drug-likeness (QED) is 0.749. The summed E-state index contributed by atoms with van der Waals surface area (Å²) in [6.45, 7) is 3.94. The molecule has 1 heterocycles. The zero-order chi connectivity index (χ0) is 12.3. The Morgan fingerprint density at radius 2 is 2.25 bits per heavy atom. The molecule has 0 bridgehead atoms. The Balaban J connectivity index is 2.89. The normalized spacial score (nSPS) is 24.5. The van der Waals surface area contributed by atoms with Gasteiger partial charge in [-0.2, -0.15) is 0 Å². The summed E-state index contributed by atoms with van der Waals surface area (Å²) >= 11 is 1.50. The van der Waals surface area contributed by atoms with Crippen molar-refractivity contribution in [3.63, 3.8) is 0 Å². The molecule has 0 aromatic heterocycles. The van der Waals surface area contributed by atoms with Crippen LogP contribution in [0, 0.1) is 18.3 Å². The van der Waals surface area contributed by atoms with Crippen LogP contribution in [0.3, 0.4) is 0 Å². The monoisotopic (exact) mass is 241 g/mol. The number of thioether (sulfide) groups is 1. The molecule has 88 valence electrons. The van der Waals surface area contributed by atoms with E-state index in [1.807, 2.05) is 13.8 Å². The van der Waals surface area contributed by atoms with Crippen molar-refractivity contribution in [2.24, 2.45) is 5.92 Å². The first kappa shape index (κ1) is 12.9. The number of nitrogens with zero attached hydrogens (tertiary/aromatic N) is 1. The smallest absolute Gasteiger partial charge is 0.327 e. The molecule has 4 nitrogen and oxygen atoms in total. The molecular weight excluding hydrogens is 226 g/mol. The minimum absolute atomic E-state index is 0.0342. The van der Waals surface area contributed by atoms with Crippen LogP contribution in [0.15, 0.2) is 0 Å². The maximum atomic E-state index is 11.8. The Labute approximate surface area is 99.4 Å². The molecule has 16 heavy (non-hydrogen) atoms. The molecule has 0 aliphatic carbocycles. The van der Waals surface area contributed by atoms with Gasteiger partial charge in [0.2, 0.25) is 5.91 Å². The van der Waals surface area contributed by atoms with Gasteiger partial charge in [0, 0.05) is 5.75 Å². The van der Waals surface area contributed by atoms with Crippen LogP contribution < -0.4 is 0 Å². The molecule has 1 fully saturated rings. The predicted octanol–water partition coefficient (Wildman–Crippen LogP) is 1.02. The maximum Gasteiger partial charge on any atom is 0.327 e. The van der Waals surface area contributed by atoms with E-state index in [0.717, 1.165) is 0 Å². The van der Waals surface area contributed by atoms with Crippen LogP contribution in [0.25, 0.3) is 0 Å². The molecular formula is C11H15NO3S. The molecule has 1 amide bonds. The van der Waals surface area contributed by atoms with E-state index in [4.69, 9.17) is 11.5 Å². The van der Waals surface area contributed by atoms with E-state index in [0.29, 0.717) is 5.75 Å². The third-order valence-corrected chi connectivity index (χ3v) is 4.05. The number of aliphatic carboxylic acids is 1. The fourth-order valence-corrected chi connectivity index (χ4v) is 3.22. The van der Waals surface area contributed by atoms with Gasteiger partial charge in [0.25, 0.3) is 0 Å². The van der Waals surface area contributed by atoms with Crippen LogP contribution in [0.2, 0.25) is 0 Å². The minimum atomic E-state index is -0.957. The Morgan fingerprint density at radius 3 is 2.69 bits per heavy atom. The second-order valence-corrected chi connectivity index (χ2v) is 5.15. The van der Waals surface area contributed by atoms with Crippen LogP contribution in [-0.2, 0) is 9.59 Å². The van der Waals surface area contributed by atoms with Gasteiger partial charge in [-0.25, -0.2) is 4.79 Å². The van der Waals surface area contributed by atoms with Crippen LogP contribution in [0.1, 0.15) is 20.3 Å².